The molecule has 2 heterocycles. The summed E-state index contributed by atoms with van der Waals surface area (Å²) in [7, 11) is 0. The van der Waals surface area contributed by atoms with Crippen LogP contribution in [0.2, 0.25) is 0 Å². The predicted octanol–water partition coefficient (Wildman–Crippen LogP) is 2.44. The van der Waals surface area contributed by atoms with Gasteiger partial charge < -0.3 is 9.88 Å². The van der Waals surface area contributed by atoms with Crippen LogP contribution in [0, 0.1) is 6.92 Å². The van der Waals surface area contributed by atoms with Gasteiger partial charge in [-0.2, -0.15) is 13.2 Å². The fourth-order valence-corrected chi connectivity index (χ4v) is 2.09. The highest BCUT2D eigenvalue weighted by molar-refractivity contribution is 5.95. The van der Waals surface area contributed by atoms with E-state index in [-0.39, 0.29) is 24.3 Å². The van der Waals surface area contributed by atoms with Gasteiger partial charge in [-0.25, -0.2) is 4.98 Å². The summed E-state index contributed by atoms with van der Waals surface area (Å²) in [4.78, 5) is 15.4. The van der Waals surface area contributed by atoms with Crippen LogP contribution in [0.5, 0.6) is 0 Å². The monoisotopic (exact) mass is 315 g/mol. The van der Waals surface area contributed by atoms with Crippen molar-refractivity contribution in [1.29, 1.82) is 0 Å². The molecule has 2 aromatic heterocycles. The number of hydrogen-bond acceptors (Lipinski definition) is 3. The van der Waals surface area contributed by atoms with Crippen molar-refractivity contribution in [1.82, 2.24) is 25.1 Å². The number of hydrogen-bond donors (Lipinski definition) is 2. The Hall–Kier alpha value is -2.32. The van der Waals surface area contributed by atoms with Crippen LogP contribution in [0.15, 0.2) is 12.3 Å². The van der Waals surface area contributed by atoms with Gasteiger partial charge in [0.15, 0.2) is 0 Å². The lowest BCUT2D eigenvalue weighted by Gasteiger charge is -2.11. The highest BCUT2D eigenvalue weighted by atomic mass is 19.4. The zero-order valence-electron chi connectivity index (χ0n) is 12.3. The lowest BCUT2D eigenvalue weighted by atomic mass is 10.2. The van der Waals surface area contributed by atoms with Crippen LogP contribution in [0.25, 0.3) is 0 Å². The predicted molar refractivity (Wildman–Crippen MR) is 72.1 cm³/mol. The van der Waals surface area contributed by atoms with E-state index in [9.17, 15) is 18.0 Å². The van der Waals surface area contributed by atoms with Gasteiger partial charge in [-0.1, -0.05) is 0 Å². The minimum atomic E-state index is -4.61. The van der Waals surface area contributed by atoms with Gasteiger partial charge in [0.2, 0.25) is 0 Å². The van der Waals surface area contributed by atoms with Crippen molar-refractivity contribution in [2.45, 2.75) is 39.5 Å². The maximum Gasteiger partial charge on any atom is 0.453 e. The van der Waals surface area contributed by atoms with Crippen molar-refractivity contribution in [3.63, 3.8) is 0 Å². The Morgan fingerprint density at radius 2 is 2.14 bits per heavy atom. The molecule has 6 nitrogen and oxygen atoms in total. The highest BCUT2D eigenvalue weighted by Gasteiger charge is 2.36. The first kappa shape index (κ1) is 16.1. The maximum absolute atomic E-state index is 12.4. The largest absolute Gasteiger partial charge is 0.453 e. The van der Waals surface area contributed by atoms with E-state index in [0.717, 1.165) is 5.69 Å². The molecule has 0 saturated carbocycles. The van der Waals surface area contributed by atoms with Crippen LogP contribution in [-0.2, 0) is 12.7 Å². The summed E-state index contributed by atoms with van der Waals surface area (Å²) >= 11 is 0. The Labute approximate surface area is 124 Å². The summed E-state index contributed by atoms with van der Waals surface area (Å²) in [6, 6.07) is 1.89. The molecule has 0 aliphatic heterocycles. The van der Waals surface area contributed by atoms with E-state index >= 15 is 0 Å². The summed E-state index contributed by atoms with van der Waals surface area (Å²) in [6.07, 6.45) is -2.81. The van der Waals surface area contributed by atoms with Crippen molar-refractivity contribution in [3.8, 4) is 0 Å². The molecular weight excluding hydrogens is 299 g/mol. The number of aromatic nitrogens is 4. The summed E-state index contributed by atoms with van der Waals surface area (Å²) in [6.45, 7) is 5.63. The first-order valence-corrected chi connectivity index (χ1v) is 6.64. The fraction of sp³-hybridized carbons (Fsp3) is 0.462. The second-order valence-corrected chi connectivity index (χ2v) is 5.10. The molecule has 0 unspecified atom stereocenters. The van der Waals surface area contributed by atoms with Gasteiger partial charge in [0.05, 0.1) is 12.1 Å². The van der Waals surface area contributed by atoms with Crippen LogP contribution in [0.1, 0.15) is 47.6 Å². The van der Waals surface area contributed by atoms with Gasteiger partial charge in [0.1, 0.15) is 5.82 Å². The Balaban J connectivity index is 2.03. The Morgan fingerprint density at radius 1 is 1.45 bits per heavy atom. The summed E-state index contributed by atoms with van der Waals surface area (Å²) < 4.78 is 39.0. The Bertz CT molecular complexity index is 672. The minimum absolute atomic E-state index is 0.0541. The molecule has 0 bridgehead atoms. The highest BCUT2D eigenvalue weighted by Crippen LogP contribution is 2.25. The third-order valence-corrected chi connectivity index (χ3v) is 3.18. The average Bonchev–Trinajstić information content (AvgIpc) is 3.01. The lowest BCUT2D eigenvalue weighted by Crippen LogP contribution is -2.24. The lowest BCUT2D eigenvalue weighted by molar-refractivity contribution is -0.144. The number of aromatic amines is 1. The van der Waals surface area contributed by atoms with Crippen molar-refractivity contribution < 1.29 is 18.0 Å². The number of nitrogens with one attached hydrogen (secondary N) is 2. The first-order chi connectivity index (χ1) is 10.2. The summed E-state index contributed by atoms with van der Waals surface area (Å²) in [5.74, 6) is -1.68. The molecule has 0 radical (unpaired) electrons. The molecular formula is C13H16F3N5O. The van der Waals surface area contributed by atoms with E-state index in [1.54, 1.807) is 12.3 Å². The van der Waals surface area contributed by atoms with E-state index < -0.39 is 12.0 Å². The number of carbonyl (C=O) groups excluding carboxylic acids is 1. The molecule has 2 aromatic rings. The van der Waals surface area contributed by atoms with Gasteiger partial charge in [0, 0.05) is 17.9 Å². The second kappa shape index (κ2) is 5.82. The molecule has 0 saturated heterocycles. The molecule has 2 N–H and O–H groups in total. The molecule has 120 valence electrons. The standard InChI is InChI=1S/C13H16F3N5O/c1-7(2)21-5-4-9(8(21)3)11(22)17-6-10-18-12(20-19-10)13(14,15)16/h4-5,7H,6H2,1-3H3,(H,17,22)(H,18,19,20). The van der Waals surface area contributed by atoms with E-state index in [4.69, 9.17) is 0 Å². The number of amides is 1. The van der Waals surface area contributed by atoms with Crippen LogP contribution in [0.4, 0.5) is 13.2 Å². The van der Waals surface area contributed by atoms with Gasteiger partial charge in [-0.15, -0.1) is 5.10 Å². The Morgan fingerprint density at radius 3 is 2.64 bits per heavy atom. The van der Waals surface area contributed by atoms with Gasteiger partial charge in [-0.05, 0) is 26.8 Å². The molecule has 0 fully saturated rings. The average molecular weight is 315 g/mol. The van der Waals surface area contributed by atoms with Crippen molar-refractivity contribution >= 4 is 5.91 Å². The van der Waals surface area contributed by atoms with Crippen molar-refractivity contribution in [2.75, 3.05) is 0 Å². The number of nitrogens with zero attached hydrogens (tertiary/aromatic N) is 3. The third kappa shape index (κ3) is 3.29. The second-order valence-electron chi connectivity index (χ2n) is 5.10. The molecule has 0 aliphatic rings. The molecule has 1 amide bonds. The normalized spacial score (nSPS) is 12.0. The molecule has 9 heteroatoms. The molecule has 22 heavy (non-hydrogen) atoms. The topological polar surface area (TPSA) is 75.6 Å². The molecule has 0 spiro atoms. The van der Waals surface area contributed by atoms with Crippen LogP contribution in [-0.4, -0.2) is 25.7 Å². The SMILES string of the molecule is Cc1c(C(=O)NCc2nc(C(F)(F)F)n[nH]2)ccn1C(C)C. The third-order valence-electron chi connectivity index (χ3n) is 3.18. The van der Waals surface area contributed by atoms with E-state index in [0.29, 0.717) is 5.56 Å². The molecule has 0 atom stereocenters. The summed E-state index contributed by atoms with van der Waals surface area (Å²) in [5, 5.41) is 7.74. The van der Waals surface area contributed by atoms with Gasteiger partial charge >= 0.3 is 6.18 Å². The number of halogens is 3. The van der Waals surface area contributed by atoms with Crippen molar-refractivity contribution in [2.24, 2.45) is 0 Å². The number of alkyl halides is 3. The smallest absolute Gasteiger partial charge is 0.348 e. The van der Waals surface area contributed by atoms with E-state index in [1.807, 2.05) is 25.3 Å². The minimum Gasteiger partial charge on any atom is -0.348 e. The van der Waals surface area contributed by atoms with E-state index in [1.165, 1.54) is 0 Å². The van der Waals surface area contributed by atoms with Gasteiger partial charge in [-0.3, -0.25) is 9.89 Å². The number of rotatable bonds is 4. The zero-order valence-corrected chi connectivity index (χ0v) is 12.3. The number of H-pyrrole nitrogens is 1. The van der Waals surface area contributed by atoms with Crippen LogP contribution < -0.4 is 5.32 Å². The molecule has 0 aliphatic carbocycles. The Kier molecular flexibility index (Phi) is 4.25. The quantitative estimate of drug-likeness (QED) is 0.910. The number of carbonyl (C=O) groups is 1. The van der Waals surface area contributed by atoms with Crippen LogP contribution >= 0.6 is 0 Å². The first-order valence-electron chi connectivity index (χ1n) is 6.64. The molecule has 0 aromatic carbocycles. The summed E-state index contributed by atoms with van der Waals surface area (Å²) in [5.41, 5.74) is 1.27. The van der Waals surface area contributed by atoms with Gasteiger partial charge in [0.25, 0.3) is 11.7 Å². The maximum atomic E-state index is 12.4. The van der Waals surface area contributed by atoms with E-state index in [2.05, 4.69) is 20.5 Å². The van der Waals surface area contributed by atoms with Crippen LogP contribution in [0.3, 0.4) is 0 Å². The van der Waals surface area contributed by atoms with Crippen molar-refractivity contribution in [3.05, 3.63) is 35.2 Å². The zero-order chi connectivity index (χ0) is 16.5. The fourth-order valence-electron chi connectivity index (χ4n) is 2.09. The molecule has 2 rings (SSSR count).